The standard InChI is InChI=1S/C28H29FN6O2/c1-30-28(37)33-18-20(16-19-6-4-3-5-7-19)17-32-27-34-25(22-12-14-31-15-13-22)24(26(36)35(27)2)21-8-10-23(29)11-9-21/h3-15,18,20,28,30,37H,16-17H2,1-2H3,(H,32,34)/b33-18+. The molecule has 0 aliphatic carbocycles. The molecule has 8 nitrogen and oxygen atoms in total. The molecule has 3 N–H and O–H groups in total. The van der Waals surface area contributed by atoms with Crippen LogP contribution in [0.15, 0.2) is 88.9 Å². The average Bonchev–Trinajstić information content (AvgIpc) is 2.93. The summed E-state index contributed by atoms with van der Waals surface area (Å²) in [5.41, 5.74) is 2.98. The lowest BCUT2D eigenvalue weighted by Gasteiger charge is -2.19. The van der Waals surface area contributed by atoms with Gasteiger partial charge in [0.1, 0.15) is 5.82 Å². The fourth-order valence-electron chi connectivity index (χ4n) is 3.95. The van der Waals surface area contributed by atoms with E-state index in [1.54, 1.807) is 57.0 Å². The molecular weight excluding hydrogens is 471 g/mol. The molecule has 190 valence electrons. The number of aromatic nitrogens is 3. The number of rotatable bonds is 10. The normalized spacial score (nSPS) is 13.0. The van der Waals surface area contributed by atoms with Gasteiger partial charge >= 0.3 is 0 Å². The van der Waals surface area contributed by atoms with Crippen molar-refractivity contribution in [1.29, 1.82) is 0 Å². The third-order valence-corrected chi connectivity index (χ3v) is 5.94. The molecule has 9 heteroatoms. The molecule has 0 aliphatic heterocycles. The first-order valence-electron chi connectivity index (χ1n) is 11.9. The molecule has 0 saturated heterocycles. The maximum absolute atomic E-state index is 13.6. The van der Waals surface area contributed by atoms with E-state index in [1.165, 1.54) is 16.7 Å². The van der Waals surface area contributed by atoms with Gasteiger partial charge in [-0.15, -0.1) is 0 Å². The molecule has 4 aromatic rings. The first-order chi connectivity index (χ1) is 18.0. The maximum Gasteiger partial charge on any atom is 0.263 e. The Morgan fingerprint density at radius 1 is 1.05 bits per heavy atom. The second-order valence-electron chi connectivity index (χ2n) is 8.56. The van der Waals surface area contributed by atoms with Crippen LogP contribution in [-0.4, -0.2) is 45.8 Å². The van der Waals surface area contributed by atoms with Crippen LogP contribution in [0, 0.1) is 11.7 Å². The number of nitrogens with one attached hydrogen (secondary N) is 2. The zero-order chi connectivity index (χ0) is 26.2. The van der Waals surface area contributed by atoms with E-state index in [1.807, 2.05) is 30.3 Å². The van der Waals surface area contributed by atoms with Crippen molar-refractivity contribution in [3.05, 3.63) is 101 Å². The summed E-state index contributed by atoms with van der Waals surface area (Å²) < 4.78 is 15.0. The number of aliphatic imine (C=N–C) groups is 1. The Bertz CT molecular complexity index is 1390. The van der Waals surface area contributed by atoms with E-state index in [2.05, 4.69) is 20.6 Å². The van der Waals surface area contributed by atoms with Crippen LogP contribution in [0.2, 0.25) is 0 Å². The van der Waals surface area contributed by atoms with Crippen molar-refractivity contribution < 1.29 is 9.50 Å². The minimum Gasteiger partial charge on any atom is -0.360 e. The quantitative estimate of drug-likeness (QED) is 0.228. The van der Waals surface area contributed by atoms with Crippen LogP contribution in [0.4, 0.5) is 10.3 Å². The largest absolute Gasteiger partial charge is 0.360 e. The van der Waals surface area contributed by atoms with E-state index in [4.69, 9.17) is 4.98 Å². The Morgan fingerprint density at radius 2 is 1.76 bits per heavy atom. The summed E-state index contributed by atoms with van der Waals surface area (Å²) >= 11 is 0. The molecule has 2 unspecified atom stereocenters. The molecule has 0 aliphatic rings. The molecule has 0 bridgehead atoms. The smallest absolute Gasteiger partial charge is 0.263 e. The minimum absolute atomic E-state index is 0.0940. The summed E-state index contributed by atoms with van der Waals surface area (Å²) in [6.07, 6.45) is 4.64. The van der Waals surface area contributed by atoms with Crippen LogP contribution in [0.3, 0.4) is 0 Å². The molecule has 2 atom stereocenters. The first-order valence-corrected chi connectivity index (χ1v) is 11.9. The number of benzene rings is 2. The Labute approximate surface area is 214 Å². The lowest BCUT2D eigenvalue weighted by atomic mass is 10.00. The fourth-order valence-corrected chi connectivity index (χ4v) is 3.95. The van der Waals surface area contributed by atoms with Gasteiger partial charge in [-0.1, -0.05) is 42.5 Å². The summed E-state index contributed by atoms with van der Waals surface area (Å²) in [7, 11) is 3.27. The number of hydrogen-bond donors (Lipinski definition) is 3. The number of hydrogen-bond acceptors (Lipinski definition) is 7. The van der Waals surface area contributed by atoms with Crippen LogP contribution in [-0.2, 0) is 13.5 Å². The van der Waals surface area contributed by atoms with E-state index in [-0.39, 0.29) is 17.3 Å². The third-order valence-electron chi connectivity index (χ3n) is 5.94. The summed E-state index contributed by atoms with van der Waals surface area (Å²) in [5.74, 6) is -0.0986. The molecule has 2 aromatic carbocycles. The Balaban J connectivity index is 1.70. The highest BCUT2D eigenvalue weighted by Crippen LogP contribution is 2.28. The lowest BCUT2D eigenvalue weighted by molar-refractivity contribution is 0.157. The average molecular weight is 501 g/mol. The van der Waals surface area contributed by atoms with Gasteiger partial charge in [-0.3, -0.25) is 24.7 Å². The third kappa shape index (κ3) is 6.52. The van der Waals surface area contributed by atoms with Gasteiger partial charge in [0.25, 0.3) is 5.56 Å². The predicted octanol–water partition coefficient (Wildman–Crippen LogP) is 3.49. The Hall–Kier alpha value is -4.21. The molecule has 0 spiro atoms. The van der Waals surface area contributed by atoms with Crippen molar-refractivity contribution in [3.63, 3.8) is 0 Å². The monoisotopic (exact) mass is 500 g/mol. The van der Waals surface area contributed by atoms with Gasteiger partial charge in [0.2, 0.25) is 12.3 Å². The molecule has 37 heavy (non-hydrogen) atoms. The van der Waals surface area contributed by atoms with Crippen LogP contribution in [0.1, 0.15) is 5.56 Å². The highest BCUT2D eigenvalue weighted by molar-refractivity contribution is 5.80. The SMILES string of the molecule is CNC(O)/N=C/C(CNc1nc(-c2ccncc2)c(-c2ccc(F)cc2)c(=O)n1C)Cc1ccccc1. The van der Waals surface area contributed by atoms with E-state index in [0.717, 1.165) is 11.1 Å². The molecule has 0 amide bonds. The van der Waals surface area contributed by atoms with E-state index in [9.17, 15) is 14.3 Å². The van der Waals surface area contributed by atoms with Crippen molar-refractivity contribution in [3.8, 4) is 22.4 Å². The Morgan fingerprint density at radius 3 is 2.43 bits per heavy atom. The van der Waals surface area contributed by atoms with Gasteiger partial charge in [0.05, 0.1) is 11.3 Å². The van der Waals surface area contributed by atoms with Crippen molar-refractivity contribution in [2.24, 2.45) is 18.0 Å². The van der Waals surface area contributed by atoms with Crippen molar-refractivity contribution in [2.45, 2.75) is 12.8 Å². The van der Waals surface area contributed by atoms with Crippen molar-refractivity contribution in [2.75, 3.05) is 18.9 Å². The zero-order valence-corrected chi connectivity index (χ0v) is 20.7. The van der Waals surface area contributed by atoms with Gasteiger partial charge in [0.15, 0.2) is 0 Å². The van der Waals surface area contributed by atoms with Gasteiger partial charge < -0.3 is 10.4 Å². The fraction of sp³-hybridized carbons (Fsp3) is 0.214. The van der Waals surface area contributed by atoms with Crippen LogP contribution in [0.25, 0.3) is 22.4 Å². The highest BCUT2D eigenvalue weighted by Gasteiger charge is 2.19. The topological polar surface area (TPSA) is 104 Å². The number of anilines is 1. The van der Waals surface area contributed by atoms with E-state index in [0.29, 0.717) is 35.7 Å². The molecule has 0 saturated carbocycles. The minimum atomic E-state index is -1.01. The van der Waals surface area contributed by atoms with Gasteiger partial charge in [0, 0.05) is 43.7 Å². The highest BCUT2D eigenvalue weighted by atomic mass is 19.1. The second-order valence-corrected chi connectivity index (χ2v) is 8.56. The van der Waals surface area contributed by atoms with Crippen LogP contribution >= 0.6 is 0 Å². The van der Waals surface area contributed by atoms with E-state index >= 15 is 0 Å². The Kier molecular flexibility index (Phi) is 8.50. The molecule has 2 aromatic heterocycles. The maximum atomic E-state index is 13.6. The van der Waals surface area contributed by atoms with Crippen LogP contribution in [0.5, 0.6) is 0 Å². The number of aliphatic hydroxyl groups excluding tert-OH is 1. The van der Waals surface area contributed by atoms with Crippen LogP contribution < -0.4 is 16.2 Å². The second kappa shape index (κ2) is 12.2. The van der Waals surface area contributed by atoms with Gasteiger partial charge in [-0.05, 0) is 48.9 Å². The first kappa shape index (κ1) is 25.9. The molecule has 0 fully saturated rings. The zero-order valence-electron chi connectivity index (χ0n) is 20.7. The van der Waals surface area contributed by atoms with Gasteiger partial charge in [-0.2, -0.15) is 0 Å². The number of nitrogens with zero attached hydrogens (tertiary/aromatic N) is 4. The lowest BCUT2D eigenvalue weighted by Crippen LogP contribution is -2.28. The van der Waals surface area contributed by atoms with Crippen molar-refractivity contribution in [1.82, 2.24) is 19.9 Å². The molecule has 4 rings (SSSR count). The summed E-state index contributed by atoms with van der Waals surface area (Å²) in [6, 6.07) is 19.3. The van der Waals surface area contributed by atoms with Crippen molar-refractivity contribution >= 4 is 12.2 Å². The number of aliphatic hydroxyl groups is 1. The number of halogens is 1. The molecule has 0 radical (unpaired) electrons. The summed E-state index contributed by atoms with van der Waals surface area (Å²) in [4.78, 5) is 26.6. The molecule has 2 heterocycles. The number of pyridine rings is 1. The predicted molar refractivity (Wildman–Crippen MR) is 144 cm³/mol. The molecular formula is C28H29FN6O2. The van der Waals surface area contributed by atoms with Gasteiger partial charge in [-0.25, -0.2) is 9.37 Å². The summed E-state index contributed by atoms with van der Waals surface area (Å²) in [6.45, 7) is 0.417. The van der Waals surface area contributed by atoms with E-state index < -0.39 is 6.35 Å². The summed E-state index contributed by atoms with van der Waals surface area (Å²) in [5, 5.41) is 15.8.